The first kappa shape index (κ1) is 20.8. The van der Waals surface area contributed by atoms with Crippen molar-refractivity contribution in [2.75, 3.05) is 0 Å². The number of aromatic nitrogens is 2. The zero-order valence-corrected chi connectivity index (χ0v) is 20.2. The van der Waals surface area contributed by atoms with E-state index in [2.05, 4.69) is 108 Å². The van der Waals surface area contributed by atoms with E-state index in [1.54, 1.807) is 0 Å². The van der Waals surface area contributed by atoms with Gasteiger partial charge in [-0.25, -0.2) is 4.98 Å². The van der Waals surface area contributed by atoms with Crippen LogP contribution in [0.4, 0.5) is 0 Å². The summed E-state index contributed by atoms with van der Waals surface area (Å²) >= 11 is 0. The number of hydrogen-bond acceptors (Lipinski definition) is 2. The molecule has 5 aromatic rings. The SMILES string of the molecule is CCn1c2ccccc2c2ccc(-c3nc4cc(C(C)(C)C)cc(C(C)(C)C)c4o3)cc21. The van der Waals surface area contributed by atoms with Crippen LogP contribution < -0.4 is 0 Å². The smallest absolute Gasteiger partial charge is 0.227 e. The normalized spacial score (nSPS) is 13.0. The summed E-state index contributed by atoms with van der Waals surface area (Å²) in [5.74, 6) is 0.686. The number of hydrogen-bond donors (Lipinski definition) is 0. The van der Waals surface area contributed by atoms with Crippen LogP contribution >= 0.6 is 0 Å². The van der Waals surface area contributed by atoms with Gasteiger partial charge in [0.05, 0.1) is 0 Å². The molecule has 2 aromatic heterocycles. The molecule has 0 aliphatic rings. The fourth-order valence-electron chi connectivity index (χ4n) is 4.67. The molecular weight excluding hydrogens is 392 g/mol. The summed E-state index contributed by atoms with van der Waals surface area (Å²) in [4.78, 5) is 4.97. The Morgan fingerprint density at radius 3 is 2.22 bits per heavy atom. The van der Waals surface area contributed by atoms with Crippen LogP contribution in [0.3, 0.4) is 0 Å². The third-order valence-electron chi connectivity index (χ3n) is 6.50. The Kier molecular flexibility index (Phi) is 4.53. The molecule has 0 amide bonds. The molecule has 0 fully saturated rings. The van der Waals surface area contributed by atoms with Gasteiger partial charge < -0.3 is 8.98 Å². The maximum Gasteiger partial charge on any atom is 0.227 e. The minimum atomic E-state index is -0.0328. The van der Waals surface area contributed by atoms with Gasteiger partial charge >= 0.3 is 0 Å². The van der Waals surface area contributed by atoms with E-state index >= 15 is 0 Å². The van der Waals surface area contributed by atoms with Crippen molar-refractivity contribution < 1.29 is 4.42 Å². The van der Waals surface area contributed by atoms with Crippen molar-refractivity contribution in [3.63, 3.8) is 0 Å². The summed E-state index contributed by atoms with van der Waals surface area (Å²) in [6, 6.07) is 19.7. The number of oxazole rings is 1. The molecule has 3 heteroatoms. The quantitative estimate of drug-likeness (QED) is 0.286. The average molecular weight is 425 g/mol. The highest BCUT2D eigenvalue weighted by atomic mass is 16.3. The van der Waals surface area contributed by atoms with Gasteiger partial charge in [-0.1, -0.05) is 71.9 Å². The van der Waals surface area contributed by atoms with Gasteiger partial charge in [-0.3, -0.25) is 0 Å². The van der Waals surface area contributed by atoms with E-state index in [1.807, 2.05) is 0 Å². The lowest BCUT2D eigenvalue weighted by Gasteiger charge is -2.24. The molecule has 0 N–H and O–H groups in total. The number of benzene rings is 3. The van der Waals surface area contributed by atoms with Crippen LogP contribution in [0.1, 0.15) is 59.6 Å². The Labute approximate surface area is 190 Å². The summed E-state index contributed by atoms with van der Waals surface area (Å²) in [6.07, 6.45) is 0. The van der Waals surface area contributed by atoms with E-state index in [4.69, 9.17) is 9.40 Å². The van der Waals surface area contributed by atoms with Gasteiger partial charge in [0.1, 0.15) is 5.52 Å². The summed E-state index contributed by atoms with van der Waals surface area (Å²) < 4.78 is 8.83. The van der Waals surface area contributed by atoms with Crippen LogP contribution in [0.2, 0.25) is 0 Å². The van der Waals surface area contributed by atoms with Crippen molar-refractivity contribution in [2.45, 2.75) is 65.8 Å². The molecule has 0 aliphatic heterocycles. The number of nitrogens with zero attached hydrogens (tertiary/aromatic N) is 2. The lowest BCUT2D eigenvalue weighted by atomic mass is 9.80. The van der Waals surface area contributed by atoms with Gasteiger partial charge in [-0.05, 0) is 47.6 Å². The molecule has 0 saturated carbocycles. The molecule has 3 aromatic carbocycles. The lowest BCUT2D eigenvalue weighted by Crippen LogP contribution is -2.16. The zero-order valence-electron chi connectivity index (χ0n) is 20.2. The Morgan fingerprint density at radius 2 is 1.53 bits per heavy atom. The van der Waals surface area contributed by atoms with Gasteiger partial charge in [-0.15, -0.1) is 0 Å². The summed E-state index contributed by atoms with van der Waals surface area (Å²) in [5, 5.41) is 2.56. The van der Waals surface area contributed by atoms with Crippen LogP contribution in [0.25, 0.3) is 44.4 Å². The molecule has 3 nitrogen and oxygen atoms in total. The second-order valence-electron chi connectivity index (χ2n) is 10.9. The highest BCUT2D eigenvalue weighted by Crippen LogP contribution is 2.38. The van der Waals surface area contributed by atoms with Gasteiger partial charge in [0.25, 0.3) is 0 Å². The van der Waals surface area contributed by atoms with Gasteiger partial charge in [0.15, 0.2) is 5.58 Å². The molecular formula is C29H32N2O. The first-order valence-corrected chi connectivity index (χ1v) is 11.5. The predicted molar refractivity (Wildman–Crippen MR) is 136 cm³/mol. The topological polar surface area (TPSA) is 31.0 Å². The summed E-state index contributed by atoms with van der Waals surface area (Å²) in [7, 11) is 0. The van der Waals surface area contributed by atoms with Gasteiger partial charge in [0, 0.05) is 39.5 Å². The maximum absolute atomic E-state index is 6.46. The fraction of sp³-hybridized carbons (Fsp3) is 0.345. The Balaban J connectivity index is 1.75. The largest absolute Gasteiger partial charge is 0.436 e. The molecule has 0 bridgehead atoms. The van der Waals surface area contributed by atoms with Crippen molar-refractivity contribution in [3.05, 3.63) is 65.7 Å². The van der Waals surface area contributed by atoms with E-state index in [1.165, 1.54) is 32.9 Å². The van der Waals surface area contributed by atoms with E-state index in [0.717, 1.165) is 23.2 Å². The fourth-order valence-corrected chi connectivity index (χ4v) is 4.67. The van der Waals surface area contributed by atoms with Crippen molar-refractivity contribution in [1.82, 2.24) is 9.55 Å². The third kappa shape index (κ3) is 3.23. The molecule has 0 unspecified atom stereocenters. The Hall–Kier alpha value is -3.07. The highest BCUT2D eigenvalue weighted by Gasteiger charge is 2.25. The number of para-hydroxylation sites is 1. The van der Waals surface area contributed by atoms with Crippen molar-refractivity contribution >= 4 is 32.9 Å². The van der Waals surface area contributed by atoms with E-state index in [9.17, 15) is 0 Å². The van der Waals surface area contributed by atoms with Crippen LogP contribution in [-0.4, -0.2) is 9.55 Å². The monoisotopic (exact) mass is 424 g/mol. The van der Waals surface area contributed by atoms with E-state index < -0.39 is 0 Å². The molecule has 0 aliphatic carbocycles. The molecule has 5 rings (SSSR count). The first-order chi connectivity index (χ1) is 15.1. The Bertz CT molecular complexity index is 1470. The lowest BCUT2D eigenvalue weighted by molar-refractivity contribution is 0.552. The van der Waals surface area contributed by atoms with Crippen LogP contribution in [0.5, 0.6) is 0 Å². The number of rotatable bonds is 2. The van der Waals surface area contributed by atoms with Crippen LogP contribution in [-0.2, 0) is 17.4 Å². The number of fused-ring (bicyclic) bond motifs is 4. The molecule has 2 heterocycles. The van der Waals surface area contributed by atoms with Crippen LogP contribution in [0.15, 0.2) is 59.0 Å². The molecule has 32 heavy (non-hydrogen) atoms. The van der Waals surface area contributed by atoms with E-state index in [0.29, 0.717) is 5.89 Å². The van der Waals surface area contributed by atoms with E-state index in [-0.39, 0.29) is 10.8 Å². The second kappa shape index (κ2) is 6.96. The molecule has 0 saturated heterocycles. The van der Waals surface area contributed by atoms with Crippen molar-refractivity contribution in [2.24, 2.45) is 0 Å². The zero-order chi connectivity index (χ0) is 22.8. The minimum absolute atomic E-state index is 0.0328. The maximum atomic E-state index is 6.46. The van der Waals surface area contributed by atoms with Gasteiger partial charge in [-0.2, -0.15) is 0 Å². The standard InChI is InChI=1S/C29H32N2O/c1-8-31-24-12-10-9-11-20(24)21-14-13-18(15-25(21)31)27-30-23-17-19(28(2,3)4)16-22(26(23)32-27)29(5,6)7/h9-17H,8H2,1-7H3. The summed E-state index contributed by atoms with van der Waals surface area (Å²) in [6.45, 7) is 16.6. The third-order valence-corrected chi connectivity index (χ3v) is 6.50. The van der Waals surface area contributed by atoms with Crippen LogP contribution in [0, 0.1) is 0 Å². The average Bonchev–Trinajstić information content (AvgIpc) is 3.30. The van der Waals surface area contributed by atoms with Gasteiger partial charge in [0.2, 0.25) is 5.89 Å². The molecule has 0 spiro atoms. The van der Waals surface area contributed by atoms with Crippen molar-refractivity contribution in [1.29, 1.82) is 0 Å². The minimum Gasteiger partial charge on any atom is -0.436 e. The number of aryl methyl sites for hydroxylation is 1. The van der Waals surface area contributed by atoms with Crippen molar-refractivity contribution in [3.8, 4) is 11.5 Å². The highest BCUT2D eigenvalue weighted by molar-refractivity contribution is 6.09. The Morgan fingerprint density at radius 1 is 0.812 bits per heavy atom. The molecule has 164 valence electrons. The summed E-state index contributed by atoms with van der Waals surface area (Å²) in [5.41, 5.74) is 7.86. The first-order valence-electron chi connectivity index (χ1n) is 11.5. The molecule has 0 radical (unpaired) electrons. The molecule has 0 atom stereocenters. The predicted octanol–water partition coefficient (Wildman–Crippen LogP) is 8.22. The second-order valence-corrected chi connectivity index (χ2v) is 10.9.